The van der Waals surface area contributed by atoms with Crippen LogP contribution in [0.5, 0.6) is 5.75 Å². The van der Waals surface area contributed by atoms with Crippen LogP contribution in [0.15, 0.2) is 97.2 Å². The van der Waals surface area contributed by atoms with Gasteiger partial charge < -0.3 is 5.11 Å². The molecule has 0 aliphatic heterocycles. The molecule has 5 heteroatoms. The van der Waals surface area contributed by atoms with E-state index in [1.807, 2.05) is 30.5 Å². The molecule has 2 aromatic heterocycles. The van der Waals surface area contributed by atoms with Crippen molar-refractivity contribution in [3.05, 3.63) is 126 Å². The third-order valence-electron chi connectivity index (χ3n) is 8.36. The summed E-state index contributed by atoms with van der Waals surface area (Å²) in [7, 11) is 0. The molecule has 3 nitrogen and oxygen atoms in total. The summed E-state index contributed by atoms with van der Waals surface area (Å²) in [6.07, 6.45) is 1.82. The smallest absolute Gasteiger partial charge is 0.129 e. The molecule has 1 unspecified atom stereocenters. The minimum atomic E-state index is -0.239. The Hall–Kier alpha value is -3.59. The summed E-state index contributed by atoms with van der Waals surface area (Å²) in [5.41, 5.74) is 9.84. The zero-order chi connectivity index (χ0) is 31.2. The standard InChI is InChI=1S/C40H39N2OS.Pt/c1-25(26-14-9-8-10-15-26)27-23-32(37(43)33(24-27)40(5,6)7)38-42-36-31(16-13-18-35(36)44-38)28-20-29(34-17-11-12-19-41-34)22-30(21-28)39(2,3)4;/h8-19,21-25,43H,1-7H3;/q-1;. The fourth-order valence-corrected chi connectivity index (χ4v) is 6.67. The molecule has 1 N–H and O–H groups in total. The minimum Gasteiger partial charge on any atom is -0.507 e. The largest absolute Gasteiger partial charge is 0.507 e. The van der Waals surface area contributed by atoms with E-state index >= 15 is 0 Å². The molecule has 0 saturated heterocycles. The first-order chi connectivity index (χ1) is 20.9. The van der Waals surface area contributed by atoms with E-state index in [2.05, 4.69) is 126 Å². The van der Waals surface area contributed by atoms with Crippen LogP contribution in [0.4, 0.5) is 0 Å². The molecule has 0 aliphatic carbocycles. The summed E-state index contributed by atoms with van der Waals surface area (Å²) in [6.45, 7) is 15.4. The molecule has 0 saturated carbocycles. The molecule has 232 valence electrons. The van der Waals surface area contributed by atoms with Crippen molar-refractivity contribution in [1.29, 1.82) is 0 Å². The SMILES string of the molecule is CC(c1ccccc1)c1cc(-c2nc3c(-c4[c-]c(-c5ccccn5)cc(C(C)(C)C)c4)cccc3s2)c(O)c(C(C)(C)C)c1.[Pt]. The summed E-state index contributed by atoms with van der Waals surface area (Å²) in [5.74, 6) is 0.474. The number of nitrogens with zero attached hydrogens (tertiary/aromatic N) is 2. The van der Waals surface area contributed by atoms with Gasteiger partial charge in [-0.25, -0.2) is 4.98 Å². The summed E-state index contributed by atoms with van der Waals surface area (Å²) < 4.78 is 1.07. The van der Waals surface area contributed by atoms with Gasteiger partial charge in [0.05, 0.1) is 11.1 Å². The van der Waals surface area contributed by atoms with Crippen molar-refractivity contribution in [3.8, 4) is 38.7 Å². The average molecular weight is 791 g/mol. The molecule has 0 amide bonds. The Labute approximate surface area is 285 Å². The quantitative estimate of drug-likeness (QED) is 0.177. The van der Waals surface area contributed by atoms with E-state index in [1.54, 1.807) is 11.3 Å². The molecule has 6 rings (SSSR count). The maximum Gasteiger partial charge on any atom is 0.129 e. The number of hydrogen-bond acceptors (Lipinski definition) is 4. The zero-order valence-electron chi connectivity index (χ0n) is 26.9. The molecule has 0 radical (unpaired) electrons. The maximum atomic E-state index is 11.7. The second-order valence-electron chi connectivity index (χ2n) is 13.7. The van der Waals surface area contributed by atoms with Crippen molar-refractivity contribution >= 4 is 21.6 Å². The van der Waals surface area contributed by atoms with Gasteiger partial charge in [-0.3, -0.25) is 4.98 Å². The van der Waals surface area contributed by atoms with E-state index in [4.69, 9.17) is 4.98 Å². The van der Waals surface area contributed by atoms with Gasteiger partial charge in [-0.05, 0) is 40.2 Å². The van der Waals surface area contributed by atoms with Crippen LogP contribution in [0.1, 0.15) is 76.6 Å². The summed E-state index contributed by atoms with van der Waals surface area (Å²) in [4.78, 5) is 9.86. The number of hydrogen-bond donors (Lipinski definition) is 1. The van der Waals surface area contributed by atoms with Gasteiger partial charge in [0.2, 0.25) is 0 Å². The van der Waals surface area contributed by atoms with Gasteiger partial charge in [0.25, 0.3) is 0 Å². The van der Waals surface area contributed by atoms with Gasteiger partial charge in [0.15, 0.2) is 0 Å². The Morgan fingerprint density at radius 2 is 1.44 bits per heavy atom. The average Bonchev–Trinajstić information content (AvgIpc) is 3.45. The molecule has 2 heterocycles. The predicted octanol–water partition coefficient (Wildman–Crippen LogP) is 10.9. The molecular weight excluding hydrogens is 752 g/mol. The normalized spacial score (nSPS) is 12.6. The number of phenolic OH excluding ortho intramolecular Hbond substituents is 1. The van der Waals surface area contributed by atoms with Gasteiger partial charge in [0.1, 0.15) is 10.8 Å². The van der Waals surface area contributed by atoms with Crippen molar-refractivity contribution in [2.45, 2.75) is 65.2 Å². The molecule has 0 spiro atoms. The van der Waals surface area contributed by atoms with Crippen LogP contribution in [-0.2, 0) is 31.9 Å². The minimum absolute atomic E-state index is 0. The molecule has 6 aromatic rings. The van der Waals surface area contributed by atoms with E-state index in [-0.39, 0.29) is 37.8 Å². The van der Waals surface area contributed by atoms with E-state index in [9.17, 15) is 5.11 Å². The van der Waals surface area contributed by atoms with E-state index in [0.29, 0.717) is 5.75 Å². The van der Waals surface area contributed by atoms with Crippen molar-refractivity contribution in [1.82, 2.24) is 9.97 Å². The topological polar surface area (TPSA) is 46.0 Å². The summed E-state index contributed by atoms with van der Waals surface area (Å²) in [6, 6.07) is 35.2. The first kappa shape index (κ1) is 32.8. The predicted molar refractivity (Wildman–Crippen MR) is 186 cm³/mol. The number of para-hydroxylation sites is 1. The van der Waals surface area contributed by atoms with Crippen molar-refractivity contribution < 1.29 is 26.2 Å². The molecule has 0 bridgehead atoms. The summed E-state index contributed by atoms with van der Waals surface area (Å²) >= 11 is 1.62. The number of aromatic hydroxyl groups is 1. The Morgan fingerprint density at radius 3 is 2.11 bits per heavy atom. The zero-order valence-corrected chi connectivity index (χ0v) is 30.0. The van der Waals surface area contributed by atoms with Crippen LogP contribution in [0, 0.1) is 6.07 Å². The number of rotatable bonds is 5. The number of thiazole rings is 1. The van der Waals surface area contributed by atoms with Crippen LogP contribution < -0.4 is 0 Å². The molecule has 4 aromatic carbocycles. The van der Waals surface area contributed by atoms with Crippen LogP contribution >= 0.6 is 11.3 Å². The Balaban J connectivity index is 0.00000400. The first-order valence-corrected chi connectivity index (χ1v) is 16.0. The van der Waals surface area contributed by atoms with Crippen LogP contribution in [-0.4, -0.2) is 15.1 Å². The van der Waals surface area contributed by atoms with Crippen molar-refractivity contribution in [2.75, 3.05) is 0 Å². The van der Waals surface area contributed by atoms with Crippen molar-refractivity contribution in [3.63, 3.8) is 0 Å². The third kappa shape index (κ3) is 6.69. The monoisotopic (exact) mass is 790 g/mol. The summed E-state index contributed by atoms with van der Waals surface area (Å²) in [5, 5.41) is 12.5. The molecule has 0 fully saturated rings. The second-order valence-corrected chi connectivity index (χ2v) is 14.7. The molecule has 45 heavy (non-hydrogen) atoms. The Bertz CT molecular complexity index is 1950. The Morgan fingerprint density at radius 1 is 0.733 bits per heavy atom. The molecular formula is C40H39N2OPtS-. The first-order valence-electron chi connectivity index (χ1n) is 15.2. The molecule has 1 atom stereocenters. The van der Waals surface area contributed by atoms with E-state index < -0.39 is 0 Å². The third-order valence-corrected chi connectivity index (χ3v) is 9.41. The fraction of sp³-hybridized carbons (Fsp3) is 0.250. The Kier molecular flexibility index (Phi) is 9.22. The van der Waals surface area contributed by atoms with E-state index in [0.717, 1.165) is 48.7 Å². The number of benzene rings is 4. The molecule has 0 aliphatic rings. The number of aromatic nitrogens is 2. The van der Waals surface area contributed by atoms with Crippen LogP contribution in [0.25, 0.3) is 43.2 Å². The number of fused-ring (bicyclic) bond motifs is 1. The fourth-order valence-electron chi connectivity index (χ4n) is 5.66. The number of phenols is 1. The van der Waals surface area contributed by atoms with Crippen molar-refractivity contribution in [2.24, 2.45) is 0 Å². The second kappa shape index (κ2) is 12.7. The van der Waals surface area contributed by atoms with Crippen LogP contribution in [0.3, 0.4) is 0 Å². The van der Waals surface area contributed by atoms with E-state index in [1.165, 1.54) is 16.7 Å². The van der Waals surface area contributed by atoms with Gasteiger partial charge >= 0.3 is 0 Å². The van der Waals surface area contributed by atoms with Gasteiger partial charge in [-0.15, -0.1) is 40.7 Å². The van der Waals surface area contributed by atoms with Gasteiger partial charge in [-0.2, -0.15) is 0 Å². The van der Waals surface area contributed by atoms with Gasteiger partial charge in [0, 0.05) is 49.1 Å². The van der Waals surface area contributed by atoms with Crippen LogP contribution in [0.2, 0.25) is 0 Å². The van der Waals surface area contributed by atoms with Gasteiger partial charge in [-0.1, -0.05) is 120 Å². The number of pyridine rings is 1. The maximum absolute atomic E-state index is 11.7.